The number of amides is 1. The number of rotatable bonds is 6. The molecule has 0 bridgehead atoms. The van der Waals surface area contributed by atoms with E-state index in [1.54, 1.807) is 0 Å². The zero-order valence-electron chi connectivity index (χ0n) is 19.8. The van der Waals surface area contributed by atoms with Crippen LogP contribution in [-0.4, -0.2) is 47.4 Å². The molecule has 1 aliphatic heterocycles. The Morgan fingerprint density at radius 1 is 1.26 bits per heavy atom. The molecule has 1 aromatic carbocycles. The number of imidazole rings is 1. The molecule has 188 valence electrons. The molecule has 0 atom stereocenters. The Bertz CT molecular complexity index is 1110. The maximum absolute atomic E-state index is 13.9. The summed E-state index contributed by atoms with van der Waals surface area (Å²) in [6, 6.07) is 4.32. The van der Waals surface area contributed by atoms with Crippen molar-refractivity contribution in [2.45, 2.75) is 57.5 Å². The highest BCUT2D eigenvalue weighted by Gasteiger charge is 2.30. The minimum atomic E-state index is -0.411. The molecular formula is C24H31ClFN7O2. The van der Waals surface area contributed by atoms with Crippen molar-refractivity contribution < 1.29 is 13.9 Å². The third-order valence-electron chi connectivity index (χ3n) is 6.61. The number of anilines is 2. The van der Waals surface area contributed by atoms with E-state index in [1.807, 2.05) is 11.5 Å². The summed E-state index contributed by atoms with van der Waals surface area (Å²) in [4.78, 5) is 25.3. The second kappa shape index (κ2) is 11.2. The zero-order valence-corrected chi connectivity index (χ0v) is 20.5. The van der Waals surface area contributed by atoms with Crippen molar-refractivity contribution in [3.63, 3.8) is 0 Å². The van der Waals surface area contributed by atoms with Gasteiger partial charge in [0.25, 0.3) is 0 Å². The summed E-state index contributed by atoms with van der Waals surface area (Å²) in [5.74, 6) is 0.688. The van der Waals surface area contributed by atoms with Crippen LogP contribution in [0.1, 0.15) is 50.3 Å². The van der Waals surface area contributed by atoms with Crippen molar-refractivity contribution in [3.05, 3.63) is 34.7 Å². The van der Waals surface area contributed by atoms with E-state index in [-0.39, 0.29) is 23.9 Å². The fourth-order valence-electron chi connectivity index (χ4n) is 4.68. The van der Waals surface area contributed by atoms with Crippen LogP contribution >= 0.6 is 11.6 Å². The first kappa shape index (κ1) is 25.1. The van der Waals surface area contributed by atoms with Gasteiger partial charge >= 0.3 is 0 Å². The Morgan fingerprint density at radius 3 is 2.63 bits per heavy atom. The maximum atomic E-state index is 13.9. The number of nitrogens with one attached hydrogen (secondary N) is 2. The van der Waals surface area contributed by atoms with Gasteiger partial charge in [-0.25, -0.2) is 14.4 Å². The lowest BCUT2D eigenvalue weighted by Gasteiger charge is -2.29. The van der Waals surface area contributed by atoms with Crippen molar-refractivity contribution in [2.75, 3.05) is 18.5 Å². The lowest BCUT2D eigenvalue weighted by atomic mass is 9.85. The summed E-state index contributed by atoms with van der Waals surface area (Å²) in [7, 11) is 0. The number of ether oxygens (including phenoxy) is 1. The number of carbonyl (C=O) groups excluding carboxylic acids is 1. The van der Waals surface area contributed by atoms with Gasteiger partial charge in [-0.05, 0) is 70.4 Å². The average molecular weight is 504 g/mol. The first-order chi connectivity index (χ1) is 16.9. The molecular weight excluding hydrogens is 473 g/mol. The van der Waals surface area contributed by atoms with Crippen LogP contribution in [0.25, 0.3) is 0 Å². The number of benzene rings is 1. The molecule has 0 unspecified atom stereocenters. The number of carbonyl (C=O) groups is 1. The van der Waals surface area contributed by atoms with E-state index < -0.39 is 5.82 Å². The number of nitrogens with zero attached hydrogens (tertiary/aromatic N) is 4. The highest BCUT2D eigenvalue weighted by molar-refractivity contribution is 6.33. The molecule has 1 saturated heterocycles. The summed E-state index contributed by atoms with van der Waals surface area (Å²) in [6.07, 6.45) is 4.51. The van der Waals surface area contributed by atoms with E-state index in [2.05, 4.69) is 22.3 Å². The number of halogens is 2. The summed E-state index contributed by atoms with van der Waals surface area (Å²) in [5, 5.41) is 6.91. The fourth-order valence-corrected chi connectivity index (χ4v) is 4.84. The number of aromatic nitrogens is 2. The Balaban J connectivity index is 1.70. The quantitative estimate of drug-likeness (QED) is 0.398. The van der Waals surface area contributed by atoms with Gasteiger partial charge < -0.3 is 21.1 Å². The lowest BCUT2D eigenvalue weighted by molar-refractivity contribution is -0.122. The molecule has 0 spiro atoms. The predicted octanol–water partition coefficient (Wildman–Crippen LogP) is 4.40. The van der Waals surface area contributed by atoms with Crippen LogP contribution in [0.5, 0.6) is 0 Å². The van der Waals surface area contributed by atoms with Crippen LogP contribution in [0.4, 0.5) is 21.8 Å². The topological polar surface area (TPSA) is 119 Å². The van der Waals surface area contributed by atoms with E-state index in [1.165, 1.54) is 18.2 Å². The monoisotopic (exact) mass is 503 g/mol. The van der Waals surface area contributed by atoms with Gasteiger partial charge in [-0.3, -0.25) is 9.36 Å². The third-order valence-corrected chi connectivity index (χ3v) is 6.94. The smallest absolute Gasteiger partial charge is 0.224 e. The number of aryl methyl sites for hydroxylation is 1. The molecule has 4 N–H and O–H groups in total. The molecule has 2 fully saturated rings. The van der Waals surface area contributed by atoms with Gasteiger partial charge in [-0.15, -0.1) is 0 Å². The standard InChI is InChI=1S/C24H31ClFN7O2/c1-14-22(32-23(28-2)30-17-9-11-35-12-10-17)33(18-6-3-15(4-7-18)21(27)34)24(29-14)31-20-13-16(26)5-8-19(20)25/h5,8,13,15,17-18H,2-4,6-7,9-12H2,1H3,(H2,27,34)(H,29,31)(H,30,32)/t15-,18+. The van der Waals surface area contributed by atoms with Gasteiger partial charge in [0.2, 0.25) is 17.8 Å². The summed E-state index contributed by atoms with van der Waals surface area (Å²) in [6.45, 7) is 6.92. The van der Waals surface area contributed by atoms with Crippen molar-refractivity contribution in [1.29, 1.82) is 0 Å². The average Bonchev–Trinajstić information content (AvgIpc) is 3.15. The molecule has 2 aliphatic rings. The summed E-state index contributed by atoms with van der Waals surface area (Å²) < 4.78 is 21.3. The Morgan fingerprint density at radius 2 is 1.97 bits per heavy atom. The molecule has 9 nitrogen and oxygen atoms in total. The van der Waals surface area contributed by atoms with E-state index in [0.717, 1.165) is 25.7 Å². The van der Waals surface area contributed by atoms with Crippen molar-refractivity contribution >= 4 is 47.6 Å². The highest BCUT2D eigenvalue weighted by Crippen LogP contribution is 2.40. The minimum absolute atomic E-state index is 0.00882. The molecule has 35 heavy (non-hydrogen) atoms. The lowest BCUT2D eigenvalue weighted by Crippen LogP contribution is -2.38. The van der Waals surface area contributed by atoms with Crippen LogP contribution in [0, 0.1) is 18.7 Å². The minimum Gasteiger partial charge on any atom is -0.381 e. The fraction of sp³-hybridized carbons (Fsp3) is 0.500. The van der Waals surface area contributed by atoms with E-state index in [9.17, 15) is 9.18 Å². The molecule has 0 radical (unpaired) electrons. The van der Waals surface area contributed by atoms with Crippen molar-refractivity contribution in [2.24, 2.45) is 21.6 Å². The molecule has 1 amide bonds. The van der Waals surface area contributed by atoms with E-state index in [0.29, 0.717) is 60.2 Å². The normalized spacial score (nSPS) is 21.5. The number of hydrogen-bond acceptors (Lipinski definition) is 5. The SMILES string of the molecule is C=N/C(=N\c1c(C)nc(Nc2cc(F)ccc2Cl)n1[C@H]1CC[C@@H](C(N)=O)CC1)NC1CCOCC1. The Hall–Kier alpha value is -2.98. The first-order valence-electron chi connectivity index (χ1n) is 11.9. The van der Waals surface area contributed by atoms with Gasteiger partial charge in [-0.1, -0.05) is 11.6 Å². The highest BCUT2D eigenvalue weighted by atomic mass is 35.5. The van der Waals surface area contributed by atoms with Crippen molar-refractivity contribution in [3.8, 4) is 0 Å². The Kier molecular flexibility index (Phi) is 8.02. The number of guanidine groups is 1. The summed E-state index contributed by atoms with van der Waals surface area (Å²) in [5.41, 5.74) is 6.62. The van der Waals surface area contributed by atoms with Crippen LogP contribution in [0.2, 0.25) is 5.02 Å². The van der Waals surface area contributed by atoms with E-state index in [4.69, 9.17) is 32.0 Å². The van der Waals surface area contributed by atoms with Crippen LogP contribution in [-0.2, 0) is 9.53 Å². The number of nitrogens with two attached hydrogens (primary N) is 1. The molecule has 1 aromatic heterocycles. The maximum Gasteiger partial charge on any atom is 0.224 e. The predicted molar refractivity (Wildman–Crippen MR) is 135 cm³/mol. The van der Waals surface area contributed by atoms with Gasteiger partial charge in [0, 0.05) is 31.2 Å². The van der Waals surface area contributed by atoms with Crippen LogP contribution < -0.4 is 16.4 Å². The Labute approximate surface area is 209 Å². The van der Waals surface area contributed by atoms with Gasteiger partial charge in [0.15, 0.2) is 5.82 Å². The summed E-state index contributed by atoms with van der Waals surface area (Å²) >= 11 is 6.31. The number of aliphatic imine (C=N–C) groups is 2. The second-order valence-corrected chi connectivity index (χ2v) is 9.40. The first-order valence-corrected chi connectivity index (χ1v) is 12.2. The van der Waals surface area contributed by atoms with Crippen LogP contribution in [0.3, 0.4) is 0 Å². The van der Waals surface area contributed by atoms with Crippen LogP contribution in [0.15, 0.2) is 28.2 Å². The zero-order chi connectivity index (χ0) is 24.9. The third kappa shape index (κ3) is 5.99. The number of hydrogen-bond donors (Lipinski definition) is 3. The largest absolute Gasteiger partial charge is 0.381 e. The van der Waals surface area contributed by atoms with Crippen molar-refractivity contribution in [1.82, 2.24) is 14.9 Å². The number of primary amides is 1. The van der Waals surface area contributed by atoms with Gasteiger partial charge in [-0.2, -0.15) is 4.99 Å². The molecule has 2 aromatic rings. The molecule has 4 rings (SSSR count). The molecule has 11 heteroatoms. The molecule has 1 aliphatic carbocycles. The van der Waals surface area contributed by atoms with Gasteiger partial charge in [0.05, 0.1) is 16.4 Å². The molecule has 1 saturated carbocycles. The van der Waals surface area contributed by atoms with E-state index >= 15 is 0 Å². The van der Waals surface area contributed by atoms with Gasteiger partial charge in [0.1, 0.15) is 5.82 Å². The molecule has 2 heterocycles. The second-order valence-electron chi connectivity index (χ2n) is 9.00.